The van der Waals surface area contributed by atoms with Crippen LogP contribution in [-0.2, 0) is 9.59 Å². The topological polar surface area (TPSA) is 101 Å². The number of thioether (sulfide) groups is 1. The van der Waals surface area contributed by atoms with E-state index in [1.54, 1.807) is 0 Å². The summed E-state index contributed by atoms with van der Waals surface area (Å²) in [5.74, 6) is -1.16. The third kappa shape index (κ3) is 4.77. The van der Waals surface area contributed by atoms with Gasteiger partial charge in [0.05, 0.1) is 0 Å². The number of aliphatic carboxylic acids is 1. The number of nitrogens with two attached hydrogens (primary N) is 1. The van der Waals surface area contributed by atoms with Gasteiger partial charge in [-0.1, -0.05) is 11.8 Å². The Morgan fingerprint density at radius 3 is 2.45 bits per heavy atom. The van der Waals surface area contributed by atoms with Crippen LogP contribution in [0, 0.1) is 0 Å². The lowest BCUT2D eigenvalue weighted by Crippen LogP contribution is -2.33. The minimum Gasteiger partial charge on any atom is -0.480 e. The molecule has 0 aromatic rings. The Hall–Kier alpha value is -0.590. The van der Waals surface area contributed by atoms with Crippen LogP contribution in [0.1, 0.15) is 0 Å². The summed E-state index contributed by atoms with van der Waals surface area (Å²) < 4.78 is 0. The Morgan fingerprint density at radius 2 is 2.09 bits per heavy atom. The molecule has 0 unspecified atom stereocenters. The van der Waals surface area contributed by atoms with Gasteiger partial charge < -0.3 is 15.9 Å². The van der Waals surface area contributed by atoms with Crippen LogP contribution in [0.4, 0.5) is 0 Å². The molecule has 64 valence electrons. The van der Waals surface area contributed by atoms with Crippen molar-refractivity contribution < 1.29 is 19.8 Å². The van der Waals surface area contributed by atoms with E-state index in [1.165, 1.54) is 0 Å². The van der Waals surface area contributed by atoms with Crippen LogP contribution in [0.3, 0.4) is 0 Å². The smallest absolute Gasteiger partial charge is 0.321 e. The van der Waals surface area contributed by atoms with E-state index in [-0.39, 0.29) is 5.75 Å². The van der Waals surface area contributed by atoms with Crippen molar-refractivity contribution in [3.05, 3.63) is 0 Å². The molecule has 0 saturated carbocycles. The first-order valence-corrected chi connectivity index (χ1v) is 3.81. The summed E-state index contributed by atoms with van der Waals surface area (Å²) in [4.78, 5) is 20.5. The SMILES string of the molecule is N[C@@H](CSC(=O)CO)C(=O)O. The van der Waals surface area contributed by atoms with E-state index in [4.69, 9.17) is 15.9 Å². The summed E-state index contributed by atoms with van der Waals surface area (Å²) in [6, 6.07) is -1.05. The van der Waals surface area contributed by atoms with E-state index in [0.29, 0.717) is 0 Å². The van der Waals surface area contributed by atoms with Gasteiger partial charge in [0.25, 0.3) is 0 Å². The van der Waals surface area contributed by atoms with Crippen molar-refractivity contribution in [2.75, 3.05) is 12.4 Å². The average Bonchev–Trinajstić information content (AvgIpc) is 1.99. The molecule has 0 aliphatic heterocycles. The van der Waals surface area contributed by atoms with E-state index >= 15 is 0 Å². The highest BCUT2D eigenvalue weighted by Gasteiger charge is 2.12. The second-order valence-electron chi connectivity index (χ2n) is 1.79. The molecule has 5 nitrogen and oxygen atoms in total. The molecule has 0 rings (SSSR count). The first kappa shape index (κ1) is 10.4. The highest BCUT2D eigenvalue weighted by atomic mass is 32.2. The minimum absolute atomic E-state index is 0.00523. The highest BCUT2D eigenvalue weighted by molar-refractivity contribution is 8.13. The zero-order valence-electron chi connectivity index (χ0n) is 5.69. The van der Waals surface area contributed by atoms with Gasteiger partial charge >= 0.3 is 5.97 Å². The molecular formula is C5H9NO4S. The standard InChI is InChI=1S/C5H9NO4S/c6-3(5(9)10)2-11-4(8)1-7/h3,7H,1-2,6H2,(H,9,10)/t3-/m0/s1. The van der Waals surface area contributed by atoms with Gasteiger partial charge in [-0.3, -0.25) is 9.59 Å². The van der Waals surface area contributed by atoms with E-state index < -0.39 is 23.7 Å². The van der Waals surface area contributed by atoms with Crippen molar-refractivity contribution >= 4 is 22.8 Å². The Bertz CT molecular complexity index is 161. The summed E-state index contributed by atoms with van der Waals surface area (Å²) in [7, 11) is 0. The highest BCUT2D eigenvalue weighted by Crippen LogP contribution is 2.02. The number of aliphatic hydroxyl groups is 1. The van der Waals surface area contributed by atoms with Crippen LogP contribution in [0.15, 0.2) is 0 Å². The van der Waals surface area contributed by atoms with E-state index in [2.05, 4.69) is 0 Å². The molecule has 11 heavy (non-hydrogen) atoms. The molecular weight excluding hydrogens is 170 g/mol. The molecule has 4 N–H and O–H groups in total. The zero-order valence-corrected chi connectivity index (χ0v) is 6.50. The second kappa shape index (κ2) is 5.11. The lowest BCUT2D eigenvalue weighted by atomic mass is 10.4. The van der Waals surface area contributed by atoms with Crippen molar-refractivity contribution in [2.24, 2.45) is 5.73 Å². The summed E-state index contributed by atoms with van der Waals surface area (Å²) in [6.45, 7) is -0.586. The fourth-order valence-electron chi connectivity index (χ4n) is 0.300. The lowest BCUT2D eigenvalue weighted by Gasteiger charge is -2.02. The number of carbonyl (C=O) groups is 2. The van der Waals surface area contributed by atoms with Crippen LogP contribution in [0.5, 0.6) is 0 Å². The number of aliphatic hydroxyl groups excluding tert-OH is 1. The quantitative estimate of drug-likeness (QED) is 0.493. The van der Waals surface area contributed by atoms with Gasteiger partial charge in [-0.2, -0.15) is 0 Å². The summed E-state index contributed by atoms with van der Waals surface area (Å²) in [5, 5.41) is 16.0. The van der Waals surface area contributed by atoms with E-state index in [1.807, 2.05) is 0 Å². The lowest BCUT2D eigenvalue weighted by molar-refractivity contribution is -0.137. The molecule has 0 fully saturated rings. The van der Waals surface area contributed by atoms with Gasteiger partial charge in [-0.25, -0.2) is 0 Å². The van der Waals surface area contributed by atoms with Crippen molar-refractivity contribution in [1.29, 1.82) is 0 Å². The number of carboxylic acids is 1. The third-order valence-corrected chi connectivity index (χ3v) is 1.85. The fourth-order valence-corrected chi connectivity index (χ4v) is 0.899. The minimum atomic E-state index is -1.15. The number of carboxylic acid groups (broad SMARTS) is 1. The number of hydrogen-bond donors (Lipinski definition) is 3. The fraction of sp³-hybridized carbons (Fsp3) is 0.600. The molecule has 6 heteroatoms. The monoisotopic (exact) mass is 179 g/mol. The molecule has 0 bridgehead atoms. The summed E-state index contributed by atoms with van der Waals surface area (Å²) in [5.41, 5.74) is 5.07. The Morgan fingerprint density at radius 1 is 1.55 bits per heavy atom. The van der Waals surface area contributed by atoms with Gasteiger partial charge in [-0.05, 0) is 0 Å². The van der Waals surface area contributed by atoms with E-state index in [0.717, 1.165) is 11.8 Å². The zero-order chi connectivity index (χ0) is 8.85. The Balaban J connectivity index is 3.54. The predicted octanol–water partition coefficient (Wildman–Crippen LogP) is -1.35. The third-order valence-electron chi connectivity index (χ3n) is 0.870. The first-order chi connectivity index (χ1) is 5.07. The van der Waals surface area contributed by atoms with Crippen molar-refractivity contribution in [3.8, 4) is 0 Å². The molecule has 0 saturated heterocycles. The van der Waals surface area contributed by atoms with Crippen LogP contribution in [-0.4, -0.2) is 39.7 Å². The molecule has 1 atom stereocenters. The summed E-state index contributed by atoms with van der Waals surface area (Å²) >= 11 is 0.718. The predicted molar refractivity (Wildman–Crippen MR) is 40.2 cm³/mol. The molecule has 0 spiro atoms. The maximum Gasteiger partial charge on any atom is 0.321 e. The van der Waals surface area contributed by atoms with Crippen molar-refractivity contribution in [1.82, 2.24) is 0 Å². The van der Waals surface area contributed by atoms with Crippen molar-refractivity contribution in [2.45, 2.75) is 6.04 Å². The molecule has 0 radical (unpaired) electrons. The van der Waals surface area contributed by atoms with E-state index in [9.17, 15) is 9.59 Å². The normalized spacial score (nSPS) is 12.5. The van der Waals surface area contributed by atoms with Crippen LogP contribution in [0.25, 0.3) is 0 Å². The van der Waals surface area contributed by atoms with Gasteiger partial charge in [-0.15, -0.1) is 0 Å². The second-order valence-corrected chi connectivity index (χ2v) is 2.86. The molecule has 0 aliphatic carbocycles. The van der Waals surface area contributed by atoms with Crippen molar-refractivity contribution in [3.63, 3.8) is 0 Å². The number of carbonyl (C=O) groups excluding carboxylic acids is 1. The maximum atomic E-state index is 10.4. The first-order valence-electron chi connectivity index (χ1n) is 2.82. The van der Waals surface area contributed by atoms with Gasteiger partial charge in [0.1, 0.15) is 12.6 Å². The molecule has 0 aromatic heterocycles. The van der Waals surface area contributed by atoms with Crippen LogP contribution in [0.2, 0.25) is 0 Å². The number of hydrogen-bond acceptors (Lipinski definition) is 5. The molecule has 0 amide bonds. The Labute approximate surface area is 67.6 Å². The van der Waals surface area contributed by atoms with Gasteiger partial charge in [0, 0.05) is 5.75 Å². The number of rotatable bonds is 4. The van der Waals surface area contributed by atoms with Crippen LogP contribution >= 0.6 is 11.8 Å². The molecule has 0 heterocycles. The summed E-state index contributed by atoms with van der Waals surface area (Å²) in [6.07, 6.45) is 0. The molecule has 0 aromatic carbocycles. The average molecular weight is 179 g/mol. The van der Waals surface area contributed by atoms with Crippen LogP contribution < -0.4 is 5.73 Å². The Kier molecular flexibility index (Phi) is 4.84. The molecule has 0 aliphatic rings. The van der Waals surface area contributed by atoms with Gasteiger partial charge in [0.2, 0.25) is 5.12 Å². The largest absolute Gasteiger partial charge is 0.480 e. The maximum absolute atomic E-state index is 10.4. The van der Waals surface area contributed by atoms with Gasteiger partial charge in [0.15, 0.2) is 0 Å².